The Kier molecular flexibility index (Phi) is 4.48. The van der Waals surface area contributed by atoms with Gasteiger partial charge in [-0.2, -0.15) is 0 Å². The molecule has 0 radical (unpaired) electrons. The fourth-order valence-electron chi connectivity index (χ4n) is 1.22. The normalized spacial score (nSPS) is 13.9. The Balaban J connectivity index is 2.77. The zero-order chi connectivity index (χ0) is 12.2. The monoisotopic (exact) mass is 248 g/mol. The maximum absolute atomic E-state index is 11.7. The van der Waals surface area contributed by atoms with Gasteiger partial charge in [0.2, 0.25) is 5.09 Å². The van der Waals surface area contributed by atoms with Crippen molar-refractivity contribution in [3.63, 3.8) is 0 Å². The Bertz CT molecular complexity index is 426. The minimum atomic E-state index is -3.62. The Hall–Kier alpha value is -0.890. The van der Waals surface area contributed by atoms with E-state index in [0.717, 1.165) is 0 Å². The smallest absolute Gasteiger partial charge is 0.274 e. The summed E-state index contributed by atoms with van der Waals surface area (Å²) < 4.78 is 35.8. The first-order valence-electron chi connectivity index (χ1n) is 4.79. The summed E-state index contributed by atoms with van der Waals surface area (Å²) in [5.74, 6) is 0.430. The zero-order valence-electron chi connectivity index (χ0n) is 9.26. The molecule has 0 aromatic carbocycles. The lowest BCUT2D eigenvalue weighted by atomic mass is 10.4. The summed E-state index contributed by atoms with van der Waals surface area (Å²) in [4.78, 5) is 0. The number of nitrogens with two attached hydrogens (primary N) is 1. The van der Waals surface area contributed by atoms with Crippen LogP contribution in [0.25, 0.3) is 0 Å². The molecule has 0 saturated heterocycles. The molecule has 0 aliphatic heterocycles. The van der Waals surface area contributed by atoms with Crippen LogP contribution >= 0.6 is 0 Å². The number of hydrogen-bond acceptors (Lipinski definition) is 5. The van der Waals surface area contributed by atoms with Gasteiger partial charge in [-0.1, -0.05) is 0 Å². The first-order chi connectivity index (χ1) is 7.49. The van der Waals surface area contributed by atoms with E-state index in [1.165, 1.54) is 19.2 Å². The molecule has 0 amide bonds. The lowest BCUT2D eigenvalue weighted by Gasteiger charge is -2.11. The van der Waals surface area contributed by atoms with Gasteiger partial charge >= 0.3 is 0 Å². The number of rotatable bonds is 6. The van der Waals surface area contributed by atoms with Gasteiger partial charge < -0.3 is 14.9 Å². The summed E-state index contributed by atoms with van der Waals surface area (Å²) in [5, 5.41) is -0.129. The van der Waals surface area contributed by atoms with E-state index in [1.54, 1.807) is 6.92 Å². The quantitative estimate of drug-likeness (QED) is 0.742. The van der Waals surface area contributed by atoms with Gasteiger partial charge in [-0.15, -0.1) is 0 Å². The lowest BCUT2D eigenvalue weighted by molar-refractivity contribution is 0.180. The minimum absolute atomic E-state index is 0.129. The standard InChI is InChI=1S/C9H16N2O4S/c1-7(6-14-2)11-16(12,13)9-4-3-8(5-10)15-9/h3-4,7,11H,5-6,10H2,1-2H3. The second kappa shape index (κ2) is 5.44. The highest BCUT2D eigenvalue weighted by molar-refractivity contribution is 7.89. The van der Waals surface area contributed by atoms with Crippen LogP contribution < -0.4 is 10.5 Å². The Morgan fingerprint density at radius 1 is 1.56 bits per heavy atom. The Morgan fingerprint density at radius 2 is 2.25 bits per heavy atom. The molecule has 3 N–H and O–H groups in total. The summed E-state index contributed by atoms with van der Waals surface area (Å²) in [6, 6.07) is 2.60. The summed E-state index contributed by atoms with van der Waals surface area (Å²) in [6.45, 7) is 2.17. The molecule has 1 heterocycles. The third-order valence-corrected chi connectivity index (χ3v) is 3.34. The highest BCUT2D eigenvalue weighted by atomic mass is 32.2. The van der Waals surface area contributed by atoms with Crippen LogP contribution in [-0.4, -0.2) is 28.2 Å². The summed E-state index contributed by atoms with van der Waals surface area (Å²) in [5.41, 5.74) is 5.33. The molecular weight excluding hydrogens is 232 g/mol. The largest absolute Gasteiger partial charge is 0.447 e. The fraction of sp³-hybridized carbons (Fsp3) is 0.556. The molecule has 92 valence electrons. The molecule has 1 atom stereocenters. The molecule has 0 bridgehead atoms. The minimum Gasteiger partial charge on any atom is -0.447 e. The van der Waals surface area contributed by atoms with Gasteiger partial charge in [-0.25, -0.2) is 13.1 Å². The Morgan fingerprint density at radius 3 is 2.75 bits per heavy atom. The predicted octanol–water partition coefficient (Wildman–Crippen LogP) is 0.0515. The number of ether oxygens (including phenoxy) is 1. The second-order valence-electron chi connectivity index (χ2n) is 3.40. The fourth-order valence-corrected chi connectivity index (χ4v) is 2.40. The molecule has 1 unspecified atom stereocenters. The van der Waals surface area contributed by atoms with Crippen molar-refractivity contribution in [2.24, 2.45) is 5.73 Å². The van der Waals surface area contributed by atoms with Crippen molar-refractivity contribution in [2.45, 2.75) is 24.6 Å². The molecule has 6 nitrogen and oxygen atoms in total. The van der Waals surface area contributed by atoms with E-state index in [1.807, 2.05) is 0 Å². The SMILES string of the molecule is COCC(C)NS(=O)(=O)c1ccc(CN)o1. The van der Waals surface area contributed by atoms with E-state index in [2.05, 4.69) is 4.72 Å². The summed E-state index contributed by atoms with van der Waals surface area (Å²) >= 11 is 0. The van der Waals surface area contributed by atoms with E-state index in [0.29, 0.717) is 12.4 Å². The first-order valence-corrected chi connectivity index (χ1v) is 6.28. The lowest BCUT2D eigenvalue weighted by Crippen LogP contribution is -2.35. The number of methoxy groups -OCH3 is 1. The third kappa shape index (κ3) is 3.31. The van der Waals surface area contributed by atoms with Crippen molar-refractivity contribution in [1.29, 1.82) is 0 Å². The predicted molar refractivity (Wildman–Crippen MR) is 58.3 cm³/mol. The van der Waals surface area contributed by atoms with Crippen LogP contribution in [0.2, 0.25) is 0 Å². The molecule has 0 spiro atoms. The van der Waals surface area contributed by atoms with Gasteiger partial charge in [0.25, 0.3) is 10.0 Å². The van der Waals surface area contributed by atoms with Crippen molar-refractivity contribution >= 4 is 10.0 Å². The van der Waals surface area contributed by atoms with Crippen molar-refractivity contribution in [2.75, 3.05) is 13.7 Å². The van der Waals surface area contributed by atoms with Gasteiger partial charge in [0.05, 0.1) is 13.2 Å². The number of sulfonamides is 1. The van der Waals surface area contributed by atoms with Gasteiger partial charge in [-0.3, -0.25) is 0 Å². The molecule has 0 fully saturated rings. The van der Waals surface area contributed by atoms with Gasteiger partial charge in [0.1, 0.15) is 5.76 Å². The van der Waals surface area contributed by atoms with E-state index < -0.39 is 10.0 Å². The number of furan rings is 1. The zero-order valence-corrected chi connectivity index (χ0v) is 10.1. The van der Waals surface area contributed by atoms with E-state index in [4.69, 9.17) is 14.9 Å². The van der Waals surface area contributed by atoms with E-state index in [9.17, 15) is 8.42 Å². The summed E-state index contributed by atoms with van der Waals surface area (Å²) in [7, 11) is -2.12. The third-order valence-electron chi connectivity index (χ3n) is 1.88. The maximum Gasteiger partial charge on any atom is 0.274 e. The molecule has 0 aliphatic carbocycles. The van der Waals surface area contributed by atoms with Crippen LogP contribution in [0.5, 0.6) is 0 Å². The number of nitrogens with one attached hydrogen (secondary N) is 1. The maximum atomic E-state index is 11.7. The molecule has 1 rings (SSSR count). The van der Waals surface area contributed by atoms with Crippen LogP contribution in [0.3, 0.4) is 0 Å². The highest BCUT2D eigenvalue weighted by Gasteiger charge is 2.20. The molecule has 7 heteroatoms. The van der Waals surface area contributed by atoms with Gasteiger partial charge in [0.15, 0.2) is 0 Å². The molecular formula is C9H16N2O4S. The van der Waals surface area contributed by atoms with E-state index in [-0.39, 0.29) is 17.7 Å². The van der Waals surface area contributed by atoms with Crippen LogP contribution in [0.1, 0.15) is 12.7 Å². The Labute approximate surface area is 94.8 Å². The molecule has 0 aliphatic rings. The van der Waals surface area contributed by atoms with E-state index >= 15 is 0 Å². The van der Waals surface area contributed by atoms with Crippen molar-refractivity contribution in [1.82, 2.24) is 4.72 Å². The number of hydrogen-bond donors (Lipinski definition) is 2. The van der Waals surface area contributed by atoms with Crippen LogP contribution in [0.4, 0.5) is 0 Å². The molecule has 1 aromatic heterocycles. The average molecular weight is 248 g/mol. The molecule has 0 saturated carbocycles. The second-order valence-corrected chi connectivity index (χ2v) is 5.05. The van der Waals surface area contributed by atoms with Crippen molar-refractivity contribution < 1.29 is 17.6 Å². The van der Waals surface area contributed by atoms with Crippen LogP contribution in [0, 0.1) is 0 Å². The van der Waals surface area contributed by atoms with Crippen molar-refractivity contribution in [3.8, 4) is 0 Å². The van der Waals surface area contributed by atoms with Crippen molar-refractivity contribution in [3.05, 3.63) is 17.9 Å². The first kappa shape index (κ1) is 13.2. The highest BCUT2D eigenvalue weighted by Crippen LogP contribution is 2.13. The van der Waals surface area contributed by atoms with Crippen LogP contribution in [-0.2, 0) is 21.3 Å². The van der Waals surface area contributed by atoms with Gasteiger partial charge in [-0.05, 0) is 19.1 Å². The molecule has 16 heavy (non-hydrogen) atoms. The summed E-state index contributed by atoms with van der Waals surface area (Å²) in [6.07, 6.45) is 0. The van der Waals surface area contributed by atoms with Crippen LogP contribution in [0.15, 0.2) is 21.6 Å². The molecule has 1 aromatic rings. The average Bonchev–Trinajstić information content (AvgIpc) is 2.65. The van der Waals surface area contributed by atoms with Gasteiger partial charge in [0, 0.05) is 13.2 Å². The topological polar surface area (TPSA) is 94.6 Å².